The van der Waals surface area contributed by atoms with Crippen molar-refractivity contribution in [3.63, 3.8) is 0 Å². The largest absolute Gasteiger partial charge is 0.497 e. The Morgan fingerprint density at radius 2 is 1.47 bits per heavy atom. The Bertz CT molecular complexity index is 1610. The second-order valence-electron chi connectivity index (χ2n) is 8.54. The van der Waals surface area contributed by atoms with Crippen molar-refractivity contribution in [3.8, 4) is 28.4 Å². The normalized spacial score (nSPS) is 10.8. The van der Waals surface area contributed by atoms with Crippen LogP contribution in [0.3, 0.4) is 0 Å². The summed E-state index contributed by atoms with van der Waals surface area (Å²) >= 11 is 0. The molecule has 0 saturated carbocycles. The lowest BCUT2D eigenvalue weighted by Gasteiger charge is -2.10. The number of aryl methyl sites for hydroxylation is 1. The Morgan fingerprint density at radius 1 is 0.842 bits per heavy atom. The Morgan fingerprint density at radius 3 is 2.11 bits per heavy atom. The van der Waals surface area contributed by atoms with Gasteiger partial charge in [0.25, 0.3) is 0 Å². The van der Waals surface area contributed by atoms with Gasteiger partial charge in [0.05, 0.1) is 42.2 Å². The minimum Gasteiger partial charge on any atom is -0.497 e. The second-order valence-corrected chi connectivity index (χ2v) is 8.54. The number of benzene rings is 3. The summed E-state index contributed by atoms with van der Waals surface area (Å²) in [5, 5.41) is 5.23. The third kappa shape index (κ3) is 4.84. The van der Waals surface area contributed by atoms with E-state index in [-0.39, 0.29) is 11.3 Å². The Kier molecular flexibility index (Phi) is 6.86. The molecule has 0 aliphatic heterocycles. The Balaban J connectivity index is 1.54. The highest BCUT2D eigenvalue weighted by molar-refractivity contribution is 6.06. The molecule has 8 heteroatoms. The van der Waals surface area contributed by atoms with E-state index in [1.165, 1.54) is 0 Å². The number of ketones is 1. The molecule has 0 saturated heterocycles. The van der Waals surface area contributed by atoms with Crippen LogP contribution in [-0.4, -0.2) is 47.3 Å². The van der Waals surface area contributed by atoms with Gasteiger partial charge in [0.15, 0.2) is 18.0 Å². The summed E-state index contributed by atoms with van der Waals surface area (Å²) in [6.45, 7) is 1.41. The van der Waals surface area contributed by atoms with Crippen molar-refractivity contribution in [3.05, 3.63) is 102 Å². The number of aromatic nitrogens is 3. The third-order valence-corrected chi connectivity index (χ3v) is 6.17. The van der Waals surface area contributed by atoms with Crippen molar-refractivity contribution in [1.82, 2.24) is 14.8 Å². The summed E-state index contributed by atoms with van der Waals surface area (Å²) in [5.41, 5.74) is 3.98. The molecule has 2 aromatic heterocycles. The summed E-state index contributed by atoms with van der Waals surface area (Å²) in [6, 6.07) is 25.3. The molecule has 0 bridgehead atoms. The smallest absolute Gasteiger partial charge is 0.339 e. The standard InChI is InChI=1S/C30H25N3O5/c1-19-28-25(30(35)38-18-27(34)21-11-15-24(37-3)16-12-21)17-26(20-9-13-23(36-2)14-10-20)31-29(28)33(32-19)22-7-5-4-6-8-22/h4-17H,18H2,1-3H3. The SMILES string of the molecule is COc1ccc(C(=O)COC(=O)c2cc(-c3ccc(OC)cc3)nc3c2c(C)nn3-c2ccccc2)cc1. The number of fused-ring (bicyclic) bond motifs is 1. The first kappa shape index (κ1) is 24.7. The lowest BCUT2D eigenvalue weighted by molar-refractivity contribution is 0.0476. The van der Waals surface area contributed by atoms with E-state index >= 15 is 0 Å². The number of pyridine rings is 1. The number of methoxy groups -OCH3 is 2. The molecule has 190 valence electrons. The molecule has 0 spiro atoms. The predicted octanol–water partition coefficient (Wildman–Crippen LogP) is 5.45. The van der Waals surface area contributed by atoms with Crippen molar-refractivity contribution < 1.29 is 23.8 Å². The fourth-order valence-electron chi connectivity index (χ4n) is 4.18. The number of rotatable bonds is 8. The van der Waals surface area contributed by atoms with E-state index in [0.29, 0.717) is 39.5 Å². The first-order chi connectivity index (χ1) is 18.5. The van der Waals surface area contributed by atoms with Crippen molar-refractivity contribution in [2.24, 2.45) is 0 Å². The maximum absolute atomic E-state index is 13.4. The minimum atomic E-state index is -0.635. The molecular formula is C30H25N3O5. The molecule has 0 fully saturated rings. The lowest BCUT2D eigenvalue weighted by atomic mass is 10.1. The van der Waals surface area contributed by atoms with Gasteiger partial charge in [-0.25, -0.2) is 14.5 Å². The van der Waals surface area contributed by atoms with Gasteiger partial charge < -0.3 is 14.2 Å². The van der Waals surface area contributed by atoms with E-state index in [4.69, 9.17) is 19.2 Å². The van der Waals surface area contributed by atoms with Gasteiger partial charge >= 0.3 is 5.97 Å². The summed E-state index contributed by atoms with van der Waals surface area (Å²) in [5.74, 6) is 0.384. The van der Waals surface area contributed by atoms with Crippen LogP contribution in [0.4, 0.5) is 0 Å². The van der Waals surface area contributed by atoms with Crippen LogP contribution in [-0.2, 0) is 4.74 Å². The number of Topliss-reactive ketones (excluding diaryl/α,β-unsaturated/α-hetero) is 1. The zero-order chi connectivity index (χ0) is 26.6. The molecule has 3 aromatic carbocycles. The van der Waals surface area contributed by atoms with Gasteiger partial charge in [-0.05, 0) is 73.7 Å². The fraction of sp³-hybridized carbons (Fsp3) is 0.133. The zero-order valence-electron chi connectivity index (χ0n) is 21.2. The molecule has 0 unspecified atom stereocenters. The van der Waals surface area contributed by atoms with Crippen LogP contribution in [0.25, 0.3) is 28.0 Å². The van der Waals surface area contributed by atoms with E-state index in [9.17, 15) is 9.59 Å². The Hall–Kier alpha value is -4.98. The molecule has 0 N–H and O–H groups in total. The number of nitrogens with zero attached hydrogens (tertiary/aromatic N) is 3. The highest BCUT2D eigenvalue weighted by Crippen LogP contribution is 2.30. The number of hydrogen-bond acceptors (Lipinski definition) is 7. The van der Waals surface area contributed by atoms with E-state index < -0.39 is 12.6 Å². The topological polar surface area (TPSA) is 92.5 Å². The molecule has 0 radical (unpaired) electrons. The predicted molar refractivity (Wildman–Crippen MR) is 143 cm³/mol. The molecule has 8 nitrogen and oxygen atoms in total. The minimum absolute atomic E-state index is 0.281. The number of hydrogen-bond donors (Lipinski definition) is 0. The van der Waals surface area contributed by atoms with Gasteiger partial charge in [-0.15, -0.1) is 0 Å². The van der Waals surface area contributed by atoms with E-state index in [1.807, 2.05) is 61.5 Å². The molecule has 5 rings (SSSR count). The number of para-hydroxylation sites is 1. The third-order valence-electron chi connectivity index (χ3n) is 6.17. The highest BCUT2D eigenvalue weighted by atomic mass is 16.5. The summed E-state index contributed by atoms with van der Waals surface area (Å²) in [7, 11) is 3.15. The van der Waals surface area contributed by atoms with E-state index in [1.54, 1.807) is 49.2 Å². The number of ether oxygens (including phenoxy) is 3. The van der Waals surface area contributed by atoms with Crippen molar-refractivity contribution in [1.29, 1.82) is 0 Å². The van der Waals surface area contributed by atoms with Crippen molar-refractivity contribution >= 4 is 22.8 Å². The fourth-order valence-corrected chi connectivity index (χ4v) is 4.18. The lowest BCUT2D eigenvalue weighted by Crippen LogP contribution is -2.15. The highest BCUT2D eigenvalue weighted by Gasteiger charge is 2.23. The molecule has 2 heterocycles. The summed E-state index contributed by atoms with van der Waals surface area (Å²) in [4.78, 5) is 31.0. The number of esters is 1. The van der Waals surface area contributed by atoms with E-state index in [2.05, 4.69) is 5.10 Å². The van der Waals surface area contributed by atoms with Gasteiger partial charge in [-0.3, -0.25) is 4.79 Å². The van der Waals surface area contributed by atoms with Gasteiger partial charge in [0, 0.05) is 11.1 Å². The van der Waals surface area contributed by atoms with Gasteiger partial charge in [0.2, 0.25) is 0 Å². The molecule has 0 aliphatic rings. The van der Waals surface area contributed by atoms with Crippen LogP contribution < -0.4 is 9.47 Å². The van der Waals surface area contributed by atoms with Crippen molar-refractivity contribution in [2.75, 3.05) is 20.8 Å². The average molecular weight is 508 g/mol. The Labute approximate surface area is 219 Å². The monoisotopic (exact) mass is 507 g/mol. The first-order valence-corrected chi connectivity index (χ1v) is 11.9. The molecule has 0 amide bonds. The van der Waals surface area contributed by atoms with Gasteiger partial charge in [0.1, 0.15) is 11.5 Å². The second kappa shape index (κ2) is 10.6. The maximum atomic E-state index is 13.4. The molecular weight excluding hydrogens is 482 g/mol. The van der Waals surface area contributed by atoms with Gasteiger partial charge in [-0.2, -0.15) is 5.10 Å². The number of carbonyl (C=O) groups excluding carboxylic acids is 2. The van der Waals surface area contributed by atoms with Crippen LogP contribution in [0.2, 0.25) is 0 Å². The first-order valence-electron chi connectivity index (χ1n) is 11.9. The van der Waals surface area contributed by atoms with Crippen LogP contribution in [0.1, 0.15) is 26.4 Å². The zero-order valence-corrected chi connectivity index (χ0v) is 21.2. The van der Waals surface area contributed by atoms with E-state index in [0.717, 1.165) is 11.3 Å². The van der Waals surface area contributed by atoms with Crippen LogP contribution >= 0.6 is 0 Å². The van der Waals surface area contributed by atoms with Crippen LogP contribution in [0, 0.1) is 6.92 Å². The average Bonchev–Trinajstić information content (AvgIpc) is 3.32. The summed E-state index contributed by atoms with van der Waals surface area (Å²) < 4.78 is 17.6. The van der Waals surface area contributed by atoms with Gasteiger partial charge in [-0.1, -0.05) is 18.2 Å². The quantitative estimate of drug-likeness (QED) is 0.204. The number of carbonyl (C=O) groups is 2. The molecule has 0 aliphatic carbocycles. The molecule has 38 heavy (non-hydrogen) atoms. The molecule has 5 aromatic rings. The van der Waals surface area contributed by atoms with Crippen LogP contribution in [0.5, 0.6) is 11.5 Å². The van der Waals surface area contributed by atoms with Crippen LogP contribution in [0.15, 0.2) is 84.9 Å². The summed E-state index contributed by atoms with van der Waals surface area (Å²) in [6.07, 6.45) is 0. The maximum Gasteiger partial charge on any atom is 0.339 e. The van der Waals surface area contributed by atoms with Crippen molar-refractivity contribution in [2.45, 2.75) is 6.92 Å². The molecule has 0 atom stereocenters.